The van der Waals surface area contributed by atoms with Crippen LogP contribution in [0.3, 0.4) is 0 Å². The lowest BCUT2D eigenvalue weighted by Gasteiger charge is -2.25. The summed E-state index contributed by atoms with van der Waals surface area (Å²) in [6.07, 6.45) is 0.995. The largest absolute Gasteiger partial charge is 0.389 e. The fraction of sp³-hybridized carbons (Fsp3) is 0.500. The number of nitrogens with one attached hydrogen (secondary N) is 1. The maximum Gasteiger partial charge on any atom is 0.105 e. The molecule has 19 heavy (non-hydrogen) atoms. The highest BCUT2D eigenvalue weighted by atomic mass is 35.5. The molecule has 3 N–H and O–H groups in total. The third-order valence-corrected chi connectivity index (χ3v) is 3.52. The Balaban J connectivity index is 2.63. The molecule has 1 rings (SSSR count). The lowest BCUT2D eigenvalue weighted by Crippen LogP contribution is -2.24. The first kappa shape index (κ1) is 16.2. The minimum atomic E-state index is 0.157. The summed E-state index contributed by atoms with van der Waals surface area (Å²) in [6, 6.07) is 5.63. The van der Waals surface area contributed by atoms with Crippen LogP contribution in [0.1, 0.15) is 25.8 Å². The molecule has 0 heterocycles. The van der Waals surface area contributed by atoms with Crippen LogP contribution in [0.25, 0.3) is 0 Å². The van der Waals surface area contributed by atoms with Crippen LogP contribution in [0, 0.1) is 5.41 Å². The van der Waals surface area contributed by atoms with E-state index in [-0.39, 0.29) is 5.41 Å². The van der Waals surface area contributed by atoms with E-state index >= 15 is 0 Å². The van der Waals surface area contributed by atoms with Gasteiger partial charge in [0.1, 0.15) is 4.99 Å². The average molecular weight is 301 g/mol. The molecule has 0 saturated heterocycles. The Kier molecular flexibility index (Phi) is 6.04. The third-order valence-electron chi connectivity index (χ3n) is 2.99. The van der Waals surface area contributed by atoms with Gasteiger partial charge in [0, 0.05) is 31.5 Å². The number of halogens is 1. The van der Waals surface area contributed by atoms with Crippen molar-refractivity contribution in [2.75, 3.05) is 25.6 Å². The highest BCUT2D eigenvalue weighted by molar-refractivity contribution is 7.80. The Morgan fingerprint density at radius 1 is 1.47 bits per heavy atom. The van der Waals surface area contributed by atoms with Gasteiger partial charge < -0.3 is 15.8 Å². The van der Waals surface area contributed by atoms with Crippen molar-refractivity contribution in [2.24, 2.45) is 11.1 Å². The van der Waals surface area contributed by atoms with E-state index in [0.29, 0.717) is 15.6 Å². The van der Waals surface area contributed by atoms with E-state index in [1.165, 1.54) is 0 Å². The molecule has 0 saturated carbocycles. The molecule has 0 spiro atoms. The van der Waals surface area contributed by atoms with Crippen LogP contribution in [0.15, 0.2) is 18.2 Å². The van der Waals surface area contributed by atoms with Crippen molar-refractivity contribution in [1.29, 1.82) is 0 Å². The van der Waals surface area contributed by atoms with Crippen LogP contribution in [-0.2, 0) is 4.74 Å². The summed E-state index contributed by atoms with van der Waals surface area (Å²) in [7, 11) is 1.72. The number of anilines is 1. The second kappa shape index (κ2) is 7.08. The van der Waals surface area contributed by atoms with Crippen LogP contribution < -0.4 is 11.1 Å². The van der Waals surface area contributed by atoms with Gasteiger partial charge in [0.05, 0.1) is 5.02 Å². The van der Waals surface area contributed by atoms with Gasteiger partial charge in [-0.05, 0) is 30.0 Å². The van der Waals surface area contributed by atoms with Crippen LogP contribution in [0.5, 0.6) is 0 Å². The molecular formula is C14H21ClN2OS. The highest BCUT2D eigenvalue weighted by Gasteiger charge is 2.17. The van der Waals surface area contributed by atoms with Gasteiger partial charge in [-0.25, -0.2) is 0 Å². The molecule has 5 heteroatoms. The summed E-state index contributed by atoms with van der Waals surface area (Å²) in [5.74, 6) is 0. The van der Waals surface area contributed by atoms with E-state index in [4.69, 9.17) is 34.3 Å². The fourth-order valence-electron chi connectivity index (χ4n) is 1.63. The lowest BCUT2D eigenvalue weighted by atomic mass is 9.89. The molecule has 0 fully saturated rings. The smallest absolute Gasteiger partial charge is 0.105 e. The van der Waals surface area contributed by atoms with E-state index in [1.54, 1.807) is 7.11 Å². The Labute approximate surface area is 125 Å². The SMILES string of the molecule is COCCC(C)(C)CNc1ccc(C(N)=S)c(Cl)c1. The molecule has 0 amide bonds. The topological polar surface area (TPSA) is 47.3 Å². The van der Waals surface area contributed by atoms with Gasteiger partial charge in [-0.15, -0.1) is 0 Å². The summed E-state index contributed by atoms with van der Waals surface area (Å²) >= 11 is 11.1. The van der Waals surface area contributed by atoms with Crippen molar-refractivity contribution in [3.05, 3.63) is 28.8 Å². The summed E-state index contributed by atoms with van der Waals surface area (Å²) in [5, 5.41) is 3.95. The number of thiocarbonyl (C=S) groups is 1. The van der Waals surface area contributed by atoms with Gasteiger partial charge in [0.25, 0.3) is 0 Å². The van der Waals surface area contributed by atoms with Gasteiger partial charge >= 0.3 is 0 Å². The normalized spacial score (nSPS) is 11.4. The van der Waals surface area contributed by atoms with Crippen molar-refractivity contribution in [3.63, 3.8) is 0 Å². The molecule has 106 valence electrons. The molecule has 0 aliphatic heterocycles. The van der Waals surface area contributed by atoms with Crippen molar-refractivity contribution in [1.82, 2.24) is 0 Å². The Bertz CT molecular complexity index is 449. The maximum absolute atomic E-state index is 6.13. The first-order chi connectivity index (χ1) is 8.85. The van der Waals surface area contributed by atoms with Crippen LogP contribution in [-0.4, -0.2) is 25.2 Å². The van der Waals surface area contributed by atoms with Crippen LogP contribution >= 0.6 is 23.8 Å². The van der Waals surface area contributed by atoms with Gasteiger partial charge in [-0.2, -0.15) is 0 Å². The van der Waals surface area contributed by atoms with Gasteiger partial charge in [-0.3, -0.25) is 0 Å². The molecule has 0 aromatic heterocycles. The monoisotopic (exact) mass is 300 g/mol. The van der Waals surface area contributed by atoms with Gasteiger partial charge in [-0.1, -0.05) is 37.7 Å². The fourth-order valence-corrected chi connectivity index (χ4v) is 2.15. The highest BCUT2D eigenvalue weighted by Crippen LogP contribution is 2.24. The minimum Gasteiger partial charge on any atom is -0.389 e. The van der Waals surface area contributed by atoms with Crippen molar-refractivity contribution >= 4 is 34.5 Å². The predicted octanol–water partition coefficient (Wildman–Crippen LogP) is 3.45. The van der Waals surface area contributed by atoms with Crippen molar-refractivity contribution in [3.8, 4) is 0 Å². The molecule has 0 atom stereocenters. The van der Waals surface area contributed by atoms with Crippen molar-refractivity contribution in [2.45, 2.75) is 20.3 Å². The number of nitrogens with two attached hydrogens (primary N) is 1. The first-order valence-corrected chi connectivity index (χ1v) is 6.96. The van der Waals surface area contributed by atoms with E-state index in [0.717, 1.165) is 25.3 Å². The molecule has 1 aromatic rings. The Morgan fingerprint density at radius 2 is 2.16 bits per heavy atom. The second-order valence-electron chi connectivity index (χ2n) is 5.32. The zero-order chi connectivity index (χ0) is 14.5. The summed E-state index contributed by atoms with van der Waals surface area (Å²) < 4.78 is 5.11. The number of rotatable bonds is 7. The molecule has 1 aromatic carbocycles. The molecule has 0 bridgehead atoms. The van der Waals surface area contributed by atoms with E-state index < -0.39 is 0 Å². The average Bonchev–Trinajstić information content (AvgIpc) is 2.34. The number of ether oxygens (including phenoxy) is 1. The van der Waals surface area contributed by atoms with Gasteiger partial charge in [0.15, 0.2) is 0 Å². The number of hydrogen-bond donors (Lipinski definition) is 2. The second-order valence-corrected chi connectivity index (χ2v) is 6.17. The molecule has 0 aliphatic carbocycles. The maximum atomic E-state index is 6.13. The van der Waals surface area contributed by atoms with E-state index in [2.05, 4.69) is 19.2 Å². The molecular weight excluding hydrogens is 280 g/mol. The van der Waals surface area contributed by atoms with Crippen LogP contribution in [0.4, 0.5) is 5.69 Å². The van der Waals surface area contributed by atoms with E-state index in [1.807, 2.05) is 18.2 Å². The molecule has 0 unspecified atom stereocenters. The number of benzene rings is 1. The van der Waals surface area contributed by atoms with E-state index in [9.17, 15) is 0 Å². The summed E-state index contributed by atoms with van der Waals surface area (Å²) in [5.41, 5.74) is 7.41. The molecule has 0 radical (unpaired) electrons. The lowest BCUT2D eigenvalue weighted by molar-refractivity contribution is 0.157. The molecule has 0 aliphatic rings. The Hall–Kier alpha value is -0.840. The Morgan fingerprint density at radius 3 is 2.68 bits per heavy atom. The van der Waals surface area contributed by atoms with Gasteiger partial charge in [0.2, 0.25) is 0 Å². The standard InChI is InChI=1S/C14H21ClN2OS/c1-14(2,6-7-18-3)9-17-10-4-5-11(13(16)19)12(15)8-10/h4-5,8,17H,6-7,9H2,1-3H3,(H2,16,19). The van der Waals surface area contributed by atoms with Crippen molar-refractivity contribution < 1.29 is 4.74 Å². The molecule has 3 nitrogen and oxygen atoms in total. The zero-order valence-electron chi connectivity index (χ0n) is 11.6. The number of hydrogen-bond acceptors (Lipinski definition) is 3. The number of methoxy groups -OCH3 is 1. The zero-order valence-corrected chi connectivity index (χ0v) is 13.2. The first-order valence-electron chi connectivity index (χ1n) is 6.18. The summed E-state index contributed by atoms with van der Waals surface area (Å²) in [4.78, 5) is 0.317. The predicted molar refractivity (Wildman–Crippen MR) is 86.1 cm³/mol. The third kappa shape index (κ3) is 5.35. The minimum absolute atomic E-state index is 0.157. The quantitative estimate of drug-likeness (QED) is 0.757. The van der Waals surface area contributed by atoms with Crippen LogP contribution in [0.2, 0.25) is 5.02 Å². The summed E-state index contributed by atoms with van der Waals surface area (Å²) in [6.45, 7) is 6.00.